The average Bonchev–Trinajstić information content (AvgIpc) is 3.16. The lowest BCUT2D eigenvalue weighted by molar-refractivity contribution is -0.274. The van der Waals surface area contributed by atoms with Gasteiger partial charge in [-0.15, -0.1) is 13.2 Å². The number of nitrogens with zero attached hydrogens (tertiary/aromatic N) is 3. The van der Waals surface area contributed by atoms with Gasteiger partial charge in [0.2, 0.25) is 17.6 Å². The molecule has 0 radical (unpaired) electrons. The number of benzene rings is 2. The first-order valence-corrected chi connectivity index (χ1v) is 9.03. The largest absolute Gasteiger partial charge is 0.573 e. The molecule has 0 bridgehead atoms. The average molecular weight is 436 g/mol. The number of halogens is 3. The van der Waals surface area contributed by atoms with Crippen molar-refractivity contribution in [1.29, 1.82) is 0 Å². The maximum Gasteiger partial charge on any atom is 0.573 e. The zero-order chi connectivity index (χ0) is 22.4. The lowest BCUT2D eigenvalue weighted by Gasteiger charge is -2.14. The Morgan fingerprint density at radius 1 is 1.10 bits per heavy atom. The third kappa shape index (κ3) is 6.71. The Kier molecular flexibility index (Phi) is 6.75. The van der Waals surface area contributed by atoms with Crippen LogP contribution in [-0.4, -0.2) is 48.0 Å². The summed E-state index contributed by atoms with van der Waals surface area (Å²) >= 11 is 0. The summed E-state index contributed by atoms with van der Waals surface area (Å²) in [5.74, 6) is 0.723. The number of aromatic nitrogens is 2. The van der Waals surface area contributed by atoms with Crippen molar-refractivity contribution < 1.29 is 32.0 Å². The second-order valence-electron chi connectivity index (χ2n) is 6.53. The first kappa shape index (κ1) is 22.1. The third-order valence-corrected chi connectivity index (χ3v) is 4.01. The van der Waals surface area contributed by atoms with Gasteiger partial charge in [-0.25, -0.2) is 0 Å². The fraction of sp³-hybridized carbons (Fsp3) is 0.250. The fourth-order valence-electron chi connectivity index (χ4n) is 2.65. The Hall–Kier alpha value is -3.60. The Morgan fingerprint density at radius 2 is 1.74 bits per heavy atom. The van der Waals surface area contributed by atoms with Crippen molar-refractivity contribution >= 4 is 11.6 Å². The highest BCUT2D eigenvalue weighted by atomic mass is 19.4. The van der Waals surface area contributed by atoms with Gasteiger partial charge >= 0.3 is 6.36 Å². The van der Waals surface area contributed by atoms with Crippen LogP contribution in [0.25, 0.3) is 11.4 Å². The molecule has 31 heavy (non-hydrogen) atoms. The number of hydrogen-bond donors (Lipinski definition) is 1. The summed E-state index contributed by atoms with van der Waals surface area (Å²) in [5.41, 5.74) is 1.10. The standard InChI is InChI=1S/C20H19F3N4O4/c1-27(11-17(28)24-14-5-9-16(10-6-14)30-20(21,22)23)12-18-25-19(26-31-18)13-3-7-15(29-2)8-4-13/h3-10H,11-12H2,1-2H3,(H,24,28). The van der Waals surface area contributed by atoms with Crippen LogP contribution in [0.4, 0.5) is 18.9 Å². The van der Waals surface area contributed by atoms with Crippen molar-refractivity contribution in [2.24, 2.45) is 0 Å². The van der Waals surface area contributed by atoms with Crippen molar-refractivity contribution in [3.63, 3.8) is 0 Å². The molecule has 0 saturated carbocycles. The van der Waals surface area contributed by atoms with E-state index in [2.05, 4.69) is 20.2 Å². The zero-order valence-corrected chi connectivity index (χ0v) is 16.6. The molecule has 2 aromatic carbocycles. The lowest BCUT2D eigenvalue weighted by atomic mass is 10.2. The number of carbonyl (C=O) groups is 1. The molecule has 0 unspecified atom stereocenters. The van der Waals surface area contributed by atoms with E-state index >= 15 is 0 Å². The van der Waals surface area contributed by atoms with E-state index in [0.29, 0.717) is 23.2 Å². The Morgan fingerprint density at radius 3 is 2.35 bits per heavy atom. The van der Waals surface area contributed by atoms with Crippen LogP contribution in [0.3, 0.4) is 0 Å². The highest BCUT2D eigenvalue weighted by Crippen LogP contribution is 2.24. The number of nitrogens with one attached hydrogen (secondary N) is 1. The number of alkyl halides is 3. The van der Waals surface area contributed by atoms with E-state index in [1.54, 1.807) is 43.3 Å². The van der Waals surface area contributed by atoms with Crippen LogP contribution in [0.5, 0.6) is 11.5 Å². The predicted molar refractivity (Wildman–Crippen MR) is 104 cm³/mol. The van der Waals surface area contributed by atoms with E-state index < -0.39 is 6.36 Å². The number of carbonyl (C=O) groups excluding carboxylic acids is 1. The van der Waals surface area contributed by atoms with E-state index in [1.165, 1.54) is 12.1 Å². The van der Waals surface area contributed by atoms with Gasteiger partial charge in [-0.05, 0) is 55.6 Å². The second-order valence-corrected chi connectivity index (χ2v) is 6.53. The van der Waals surface area contributed by atoms with Gasteiger partial charge in [-0.2, -0.15) is 4.98 Å². The summed E-state index contributed by atoms with van der Waals surface area (Å²) in [6.07, 6.45) is -4.77. The molecule has 0 saturated heterocycles. The van der Waals surface area contributed by atoms with E-state index in [1.807, 2.05) is 0 Å². The van der Waals surface area contributed by atoms with E-state index in [-0.39, 0.29) is 24.7 Å². The normalized spacial score (nSPS) is 11.4. The summed E-state index contributed by atoms with van der Waals surface area (Å²) < 4.78 is 50.7. The molecule has 0 atom stereocenters. The lowest BCUT2D eigenvalue weighted by Crippen LogP contribution is -2.29. The number of hydrogen-bond acceptors (Lipinski definition) is 7. The molecule has 3 aromatic rings. The summed E-state index contributed by atoms with van der Waals surface area (Å²) in [6, 6.07) is 12.0. The number of amides is 1. The van der Waals surface area contributed by atoms with Gasteiger partial charge in [-0.3, -0.25) is 9.69 Å². The Labute approximate surface area is 175 Å². The number of likely N-dealkylation sites (N-methyl/N-ethyl adjacent to an activating group) is 1. The minimum atomic E-state index is -4.77. The van der Waals surface area contributed by atoms with Crippen molar-refractivity contribution in [2.75, 3.05) is 26.0 Å². The van der Waals surface area contributed by atoms with Crippen LogP contribution < -0.4 is 14.8 Å². The van der Waals surface area contributed by atoms with Crippen LogP contribution in [0.15, 0.2) is 53.1 Å². The van der Waals surface area contributed by atoms with Gasteiger partial charge in [-0.1, -0.05) is 5.16 Å². The number of methoxy groups -OCH3 is 1. The molecule has 0 fully saturated rings. The molecule has 1 amide bonds. The summed E-state index contributed by atoms with van der Waals surface area (Å²) in [4.78, 5) is 18.1. The minimum Gasteiger partial charge on any atom is -0.497 e. The predicted octanol–water partition coefficient (Wildman–Crippen LogP) is 3.71. The topological polar surface area (TPSA) is 89.7 Å². The van der Waals surface area contributed by atoms with Gasteiger partial charge in [0.1, 0.15) is 11.5 Å². The molecular formula is C20H19F3N4O4. The Balaban J connectivity index is 1.50. The maximum absolute atomic E-state index is 12.2. The Bertz CT molecular complexity index is 1000. The molecule has 11 heteroatoms. The first-order valence-electron chi connectivity index (χ1n) is 9.03. The van der Waals surface area contributed by atoms with Crippen LogP contribution in [0, 0.1) is 0 Å². The molecule has 0 spiro atoms. The van der Waals surface area contributed by atoms with Crippen LogP contribution in [-0.2, 0) is 11.3 Å². The van der Waals surface area contributed by atoms with Crippen LogP contribution in [0.2, 0.25) is 0 Å². The molecule has 0 aliphatic heterocycles. The van der Waals surface area contributed by atoms with Gasteiger partial charge < -0.3 is 19.3 Å². The smallest absolute Gasteiger partial charge is 0.497 e. The second kappa shape index (κ2) is 9.47. The molecule has 0 aliphatic carbocycles. The minimum absolute atomic E-state index is 0.00104. The SMILES string of the molecule is COc1ccc(-c2noc(CN(C)CC(=O)Nc3ccc(OC(F)(F)F)cc3)n2)cc1. The number of ether oxygens (including phenoxy) is 2. The highest BCUT2D eigenvalue weighted by Gasteiger charge is 2.31. The fourth-order valence-corrected chi connectivity index (χ4v) is 2.65. The number of rotatable bonds is 8. The molecule has 1 N–H and O–H groups in total. The molecular weight excluding hydrogens is 417 g/mol. The summed E-state index contributed by atoms with van der Waals surface area (Å²) in [7, 11) is 3.27. The van der Waals surface area contributed by atoms with Crippen LogP contribution >= 0.6 is 0 Å². The quantitative estimate of drug-likeness (QED) is 0.576. The third-order valence-electron chi connectivity index (χ3n) is 4.01. The van der Waals surface area contributed by atoms with Crippen molar-refractivity contribution in [2.45, 2.75) is 12.9 Å². The van der Waals surface area contributed by atoms with Crippen molar-refractivity contribution in [3.8, 4) is 22.9 Å². The van der Waals surface area contributed by atoms with Gasteiger partial charge in [0.15, 0.2) is 0 Å². The highest BCUT2D eigenvalue weighted by molar-refractivity contribution is 5.92. The van der Waals surface area contributed by atoms with E-state index in [4.69, 9.17) is 9.26 Å². The van der Waals surface area contributed by atoms with Gasteiger partial charge in [0, 0.05) is 11.3 Å². The number of anilines is 1. The van der Waals surface area contributed by atoms with Crippen molar-refractivity contribution in [1.82, 2.24) is 15.0 Å². The summed E-state index contributed by atoms with van der Waals surface area (Å²) in [5, 5.41) is 6.52. The molecule has 1 aromatic heterocycles. The van der Waals surface area contributed by atoms with E-state index in [9.17, 15) is 18.0 Å². The van der Waals surface area contributed by atoms with E-state index in [0.717, 1.165) is 17.7 Å². The molecule has 3 rings (SSSR count). The van der Waals surface area contributed by atoms with Gasteiger partial charge in [0.05, 0.1) is 20.2 Å². The zero-order valence-electron chi connectivity index (χ0n) is 16.6. The monoisotopic (exact) mass is 436 g/mol. The van der Waals surface area contributed by atoms with Crippen LogP contribution in [0.1, 0.15) is 5.89 Å². The molecule has 164 valence electrons. The van der Waals surface area contributed by atoms with Crippen molar-refractivity contribution in [3.05, 3.63) is 54.4 Å². The summed E-state index contributed by atoms with van der Waals surface area (Å²) in [6.45, 7) is 0.232. The molecule has 1 heterocycles. The maximum atomic E-state index is 12.2. The molecule has 8 nitrogen and oxygen atoms in total. The van der Waals surface area contributed by atoms with Gasteiger partial charge in [0.25, 0.3) is 0 Å². The first-order chi connectivity index (χ1) is 14.7. The molecule has 0 aliphatic rings.